The highest BCUT2D eigenvalue weighted by atomic mass is 35.5. The minimum Gasteiger partial charge on any atom is -0.344 e. The molecule has 76 valence electrons. The van der Waals surface area contributed by atoms with Crippen LogP contribution >= 0.6 is 23.3 Å². The van der Waals surface area contributed by atoms with Crippen molar-refractivity contribution in [2.45, 2.75) is 13.1 Å². The van der Waals surface area contributed by atoms with Crippen LogP contribution in [-0.4, -0.2) is 8.75 Å². The molecule has 15 heavy (non-hydrogen) atoms. The van der Waals surface area contributed by atoms with Crippen LogP contribution in [0.5, 0.6) is 0 Å². The van der Waals surface area contributed by atoms with Gasteiger partial charge in [0, 0.05) is 13.1 Å². The maximum absolute atomic E-state index is 5.96. The number of anilines is 1. The zero-order valence-electron chi connectivity index (χ0n) is 7.85. The topological polar surface area (TPSA) is 29.0 Å². The van der Waals surface area contributed by atoms with Crippen molar-refractivity contribution in [1.29, 1.82) is 0 Å². The highest BCUT2D eigenvalue weighted by Gasteiger charge is 2.22. The van der Waals surface area contributed by atoms with Gasteiger partial charge in [-0.2, -0.15) is 8.75 Å². The molecule has 1 aliphatic rings. The summed E-state index contributed by atoms with van der Waals surface area (Å²) < 4.78 is 8.18. The first-order valence-electron chi connectivity index (χ1n) is 4.64. The van der Waals surface area contributed by atoms with Crippen LogP contribution in [0.3, 0.4) is 0 Å². The maximum Gasteiger partial charge on any atom is 0.187 e. The zero-order valence-corrected chi connectivity index (χ0v) is 9.42. The minimum atomic E-state index is 0.507. The SMILES string of the molecule is Clc1nsnc1N1Cc2ccccc2C1. The van der Waals surface area contributed by atoms with Crippen molar-refractivity contribution in [3.63, 3.8) is 0 Å². The van der Waals surface area contributed by atoms with Gasteiger partial charge in [-0.3, -0.25) is 0 Å². The Kier molecular flexibility index (Phi) is 2.11. The number of nitrogens with zero attached hydrogens (tertiary/aromatic N) is 3. The van der Waals surface area contributed by atoms with E-state index < -0.39 is 0 Å². The maximum atomic E-state index is 5.96. The third kappa shape index (κ3) is 1.50. The molecule has 1 aromatic heterocycles. The predicted octanol–water partition coefficient (Wildman–Crippen LogP) is 2.71. The van der Waals surface area contributed by atoms with E-state index in [0.717, 1.165) is 30.6 Å². The number of rotatable bonds is 1. The summed E-state index contributed by atoms with van der Waals surface area (Å²) in [7, 11) is 0. The average molecular weight is 238 g/mol. The van der Waals surface area contributed by atoms with Crippen LogP contribution in [0.25, 0.3) is 0 Å². The molecule has 0 atom stereocenters. The molecule has 0 aliphatic carbocycles. The molecule has 1 aromatic carbocycles. The summed E-state index contributed by atoms with van der Waals surface area (Å²) in [5.41, 5.74) is 2.70. The Morgan fingerprint density at radius 1 is 1.13 bits per heavy atom. The lowest BCUT2D eigenvalue weighted by atomic mass is 10.1. The highest BCUT2D eigenvalue weighted by molar-refractivity contribution is 6.99. The Morgan fingerprint density at radius 2 is 1.80 bits per heavy atom. The van der Waals surface area contributed by atoms with Crippen molar-refractivity contribution in [3.8, 4) is 0 Å². The summed E-state index contributed by atoms with van der Waals surface area (Å²) in [6.07, 6.45) is 0. The average Bonchev–Trinajstić information content (AvgIpc) is 2.82. The second kappa shape index (κ2) is 3.47. The molecule has 2 heterocycles. The smallest absolute Gasteiger partial charge is 0.187 e. The Bertz CT molecular complexity index is 472. The monoisotopic (exact) mass is 237 g/mol. The Labute approximate surface area is 96.6 Å². The quantitative estimate of drug-likeness (QED) is 0.764. The molecular weight excluding hydrogens is 230 g/mol. The summed E-state index contributed by atoms with van der Waals surface area (Å²) in [6.45, 7) is 1.75. The van der Waals surface area contributed by atoms with Gasteiger partial charge in [-0.1, -0.05) is 35.9 Å². The molecule has 0 radical (unpaired) electrons. The van der Waals surface area contributed by atoms with Crippen molar-refractivity contribution >= 4 is 29.1 Å². The molecule has 2 aromatic rings. The second-order valence-electron chi connectivity index (χ2n) is 3.50. The summed E-state index contributed by atoms with van der Waals surface area (Å²) in [5.74, 6) is 0.804. The zero-order chi connectivity index (χ0) is 10.3. The van der Waals surface area contributed by atoms with Crippen LogP contribution in [0.15, 0.2) is 24.3 Å². The largest absolute Gasteiger partial charge is 0.344 e. The van der Waals surface area contributed by atoms with Gasteiger partial charge in [0.1, 0.15) is 0 Å². The predicted molar refractivity (Wildman–Crippen MR) is 61.2 cm³/mol. The van der Waals surface area contributed by atoms with Gasteiger partial charge < -0.3 is 4.90 Å². The molecule has 1 aliphatic heterocycles. The third-order valence-corrected chi connectivity index (χ3v) is 3.45. The van der Waals surface area contributed by atoms with Crippen LogP contribution in [-0.2, 0) is 13.1 Å². The summed E-state index contributed by atoms with van der Waals surface area (Å²) in [5, 5.41) is 0.507. The lowest BCUT2D eigenvalue weighted by Crippen LogP contribution is -2.15. The summed E-state index contributed by atoms with van der Waals surface area (Å²) in [6, 6.07) is 8.40. The Morgan fingerprint density at radius 3 is 2.33 bits per heavy atom. The van der Waals surface area contributed by atoms with E-state index in [0.29, 0.717) is 5.15 Å². The van der Waals surface area contributed by atoms with Crippen LogP contribution in [0, 0.1) is 0 Å². The van der Waals surface area contributed by atoms with E-state index in [2.05, 4.69) is 37.9 Å². The van der Waals surface area contributed by atoms with E-state index in [1.807, 2.05) is 0 Å². The fourth-order valence-corrected chi connectivity index (χ4v) is 2.62. The first-order chi connectivity index (χ1) is 7.34. The van der Waals surface area contributed by atoms with Gasteiger partial charge >= 0.3 is 0 Å². The van der Waals surface area contributed by atoms with Crippen molar-refractivity contribution in [1.82, 2.24) is 8.75 Å². The molecule has 3 rings (SSSR count). The molecule has 3 nitrogen and oxygen atoms in total. The van der Waals surface area contributed by atoms with Gasteiger partial charge in [-0.25, -0.2) is 0 Å². The van der Waals surface area contributed by atoms with Gasteiger partial charge in [0.05, 0.1) is 11.7 Å². The van der Waals surface area contributed by atoms with E-state index in [-0.39, 0.29) is 0 Å². The van der Waals surface area contributed by atoms with Crippen molar-refractivity contribution < 1.29 is 0 Å². The van der Waals surface area contributed by atoms with Gasteiger partial charge in [0.25, 0.3) is 0 Å². The number of halogens is 1. The fourth-order valence-electron chi connectivity index (χ4n) is 1.84. The molecule has 0 bridgehead atoms. The summed E-state index contributed by atoms with van der Waals surface area (Å²) >= 11 is 7.12. The van der Waals surface area contributed by atoms with E-state index >= 15 is 0 Å². The lowest BCUT2D eigenvalue weighted by molar-refractivity contribution is 0.866. The van der Waals surface area contributed by atoms with Crippen LogP contribution in [0.1, 0.15) is 11.1 Å². The molecule has 0 N–H and O–H groups in total. The van der Waals surface area contributed by atoms with Gasteiger partial charge in [0.2, 0.25) is 0 Å². The van der Waals surface area contributed by atoms with E-state index in [1.165, 1.54) is 11.1 Å². The molecule has 0 saturated carbocycles. The highest BCUT2D eigenvalue weighted by Crippen LogP contribution is 2.31. The van der Waals surface area contributed by atoms with Crippen LogP contribution in [0.2, 0.25) is 5.15 Å². The van der Waals surface area contributed by atoms with E-state index in [1.54, 1.807) is 0 Å². The first-order valence-corrected chi connectivity index (χ1v) is 5.75. The van der Waals surface area contributed by atoms with Crippen molar-refractivity contribution in [2.24, 2.45) is 0 Å². The molecular formula is C10H8ClN3S. The standard InChI is InChI=1S/C10H8ClN3S/c11-9-10(13-15-12-9)14-5-7-3-1-2-4-8(7)6-14/h1-4H,5-6H2. The van der Waals surface area contributed by atoms with E-state index in [4.69, 9.17) is 11.6 Å². The van der Waals surface area contributed by atoms with Crippen LogP contribution in [0.4, 0.5) is 5.82 Å². The van der Waals surface area contributed by atoms with E-state index in [9.17, 15) is 0 Å². The van der Waals surface area contributed by atoms with Gasteiger partial charge in [-0.05, 0) is 11.1 Å². The number of hydrogen-bond donors (Lipinski definition) is 0. The lowest BCUT2D eigenvalue weighted by Gasteiger charge is -2.13. The van der Waals surface area contributed by atoms with Gasteiger partial charge in [-0.15, -0.1) is 0 Å². The number of aromatic nitrogens is 2. The third-order valence-electron chi connectivity index (χ3n) is 2.57. The summed E-state index contributed by atoms with van der Waals surface area (Å²) in [4.78, 5) is 2.15. The molecule has 0 fully saturated rings. The normalized spacial score (nSPS) is 14.3. The fraction of sp³-hybridized carbons (Fsp3) is 0.200. The molecule has 0 spiro atoms. The molecule has 0 amide bonds. The van der Waals surface area contributed by atoms with Crippen molar-refractivity contribution in [2.75, 3.05) is 4.90 Å². The molecule has 0 saturated heterocycles. The van der Waals surface area contributed by atoms with Gasteiger partial charge in [0.15, 0.2) is 11.0 Å². The number of fused-ring (bicyclic) bond motifs is 1. The second-order valence-corrected chi connectivity index (χ2v) is 4.39. The van der Waals surface area contributed by atoms with Crippen LogP contribution < -0.4 is 4.90 Å². The van der Waals surface area contributed by atoms with Crippen molar-refractivity contribution in [3.05, 3.63) is 40.5 Å². The Hall–Kier alpha value is -1.13. The Balaban J connectivity index is 1.94. The minimum absolute atomic E-state index is 0.507. The molecule has 5 heteroatoms. The number of benzene rings is 1. The number of hydrogen-bond acceptors (Lipinski definition) is 4. The first kappa shape index (κ1) is 9.12. The molecule has 0 unspecified atom stereocenters.